The molecule has 0 bridgehead atoms. The SMILES string of the molecule is CC/C(=N\NC(=O)COc1cccc(Br)c1)c1cc(C)ccc1O. The molecular weight excluding hydrogens is 372 g/mol. The molecule has 2 rings (SSSR count). The lowest BCUT2D eigenvalue weighted by molar-refractivity contribution is -0.123. The second kappa shape index (κ2) is 8.49. The summed E-state index contributed by atoms with van der Waals surface area (Å²) in [5.74, 6) is 0.365. The van der Waals surface area contributed by atoms with Crippen molar-refractivity contribution in [1.29, 1.82) is 0 Å². The molecule has 0 unspecified atom stereocenters. The van der Waals surface area contributed by atoms with Crippen molar-refractivity contribution in [2.24, 2.45) is 5.10 Å². The number of hydrogen-bond donors (Lipinski definition) is 2. The predicted molar refractivity (Wildman–Crippen MR) is 97.5 cm³/mol. The summed E-state index contributed by atoms with van der Waals surface area (Å²) in [6.07, 6.45) is 0.573. The van der Waals surface area contributed by atoms with Gasteiger partial charge in [-0.1, -0.05) is 40.5 Å². The summed E-state index contributed by atoms with van der Waals surface area (Å²) < 4.78 is 6.28. The third kappa shape index (κ3) is 5.09. The molecule has 24 heavy (non-hydrogen) atoms. The van der Waals surface area contributed by atoms with Crippen LogP contribution < -0.4 is 10.2 Å². The summed E-state index contributed by atoms with van der Waals surface area (Å²) in [4.78, 5) is 11.9. The van der Waals surface area contributed by atoms with E-state index in [1.807, 2.05) is 38.1 Å². The van der Waals surface area contributed by atoms with E-state index in [4.69, 9.17) is 4.74 Å². The van der Waals surface area contributed by atoms with Crippen molar-refractivity contribution >= 4 is 27.5 Å². The van der Waals surface area contributed by atoms with Gasteiger partial charge in [-0.25, -0.2) is 5.43 Å². The number of aryl methyl sites for hydroxylation is 1. The van der Waals surface area contributed by atoms with E-state index in [1.54, 1.807) is 18.2 Å². The number of aromatic hydroxyl groups is 1. The van der Waals surface area contributed by atoms with Crippen molar-refractivity contribution < 1.29 is 14.6 Å². The van der Waals surface area contributed by atoms with E-state index in [0.29, 0.717) is 23.4 Å². The molecule has 1 amide bonds. The molecule has 126 valence electrons. The van der Waals surface area contributed by atoms with Gasteiger partial charge in [-0.05, 0) is 43.7 Å². The molecule has 0 aliphatic heterocycles. The van der Waals surface area contributed by atoms with E-state index < -0.39 is 0 Å². The van der Waals surface area contributed by atoms with E-state index in [9.17, 15) is 9.90 Å². The molecule has 0 saturated carbocycles. The first-order valence-corrected chi connectivity index (χ1v) is 8.32. The Hall–Kier alpha value is -2.34. The van der Waals surface area contributed by atoms with Crippen LogP contribution in [-0.4, -0.2) is 23.3 Å². The van der Waals surface area contributed by atoms with Gasteiger partial charge < -0.3 is 9.84 Å². The highest BCUT2D eigenvalue weighted by Gasteiger charge is 2.09. The fourth-order valence-electron chi connectivity index (χ4n) is 2.08. The van der Waals surface area contributed by atoms with Crippen LogP contribution in [0.5, 0.6) is 11.5 Å². The normalized spacial score (nSPS) is 11.2. The number of phenols is 1. The number of phenolic OH excluding ortho intramolecular Hbond substituents is 1. The third-order valence-electron chi connectivity index (χ3n) is 3.28. The van der Waals surface area contributed by atoms with Gasteiger partial charge in [0.05, 0.1) is 5.71 Å². The fourth-order valence-corrected chi connectivity index (χ4v) is 2.46. The van der Waals surface area contributed by atoms with Crippen molar-refractivity contribution in [1.82, 2.24) is 5.43 Å². The minimum absolute atomic E-state index is 0.140. The Balaban J connectivity index is 1.99. The summed E-state index contributed by atoms with van der Waals surface area (Å²) in [7, 11) is 0. The number of nitrogens with zero attached hydrogens (tertiary/aromatic N) is 1. The molecule has 6 heteroatoms. The molecule has 0 aliphatic carbocycles. The molecule has 0 aromatic heterocycles. The summed E-state index contributed by atoms with van der Waals surface area (Å²) in [6, 6.07) is 12.5. The number of ether oxygens (including phenoxy) is 1. The number of hydrazone groups is 1. The van der Waals surface area contributed by atoms with Gasteiger partial charge in [0, 0.05) is 10.0 Å². The van der Waals surface area contributed by atoms with Gasteiger partial charge in [-0.15, -0.1) is 0 Å². The molecular formula is C18H19BrN2O3. The van der Waals surface area contributed by atoms with Crippen LogP contribution >= 0.6 is 15.9 Å². The van der Waals surface area contributed by atoms with Crippen LogP contribution in [0.15, 0.2) is 52.0 Å². The van der Waals surface area contributed by atoms with Crippen LogP contribution in [0, 0.1) is 6.92 Å². The molecule has 2 aromatic carbocycles. The Labute approximate surface area is 149 Å². The van der Waals surface area contributed by atoms with Gasteiger partial charge in [0.1, 0.15) is 11.5 Å². The number of benzene rings is 2. The smallest absolute Gasteiger partial charge is 0.277 e. The molecule has 2 aromatic rings. The molecule has 5 nitrogen and oxygen atoms in total. The van der Waals surface area contributed by atoms with Crippen LogP contribution in [0.25, 0.3) is 0 Å². The number of nitrogens with one attached hydrogen (secondary N) is 1. The van der Waals surface area contributed by atoms with E-state index in [1.165, 1.54) is 0 Å². The zero-order chi connectivity index (χ0) is 17.5. The Kier molecular flexibility index (Phi) is 6.37. The van der Waals surface area contributed by atoms with Crippen LogP contribution in [0.1, 0.15) is 24.5 Å². The Morgan fingerprint density at radius 2 is 2.08 bits per heavy atom. The predicted octanol–water partition coefficient (Wildman–Crippen LogP) is 3.77. The Bertz CT molecular complexity index is 760. The minimum Gasteiger partial charge on any atom is -0.507 e. The van der Waals surface area contributed by atoms with E-state index in [0.717, 1.165) is 10.0 Å². The number of halogens is 1. The van der Waals surface area contributed by atoms with Crippen LogP contribution in [0.3, 0.4) is 0 Å². The molecule has 0 aliphatic rings. The van der Waals surface area contributed by atoms with Crippen LogP contribution in [0.2, 0.25) is 0 Å². The second-order valence-corrected chi connectivity index (χ2v) is 6.13. The summed E-state index contributed by atoms with van der Waals surface area (Å²) in [5, 5.41) is 14.1. The highest BCUT2D eigenvalue weighted by molar-refractivity contribution is 9.10. The number of hydrogen-bond acceptors (Lipinski definition) is 4. The van der Waals surface area contributed by atoms with Gasteiger partial charge in [0.25, 0.3) is 5.91 Å². The average molecular weight is 391 g/mol. The Morgan fingerprint density at radius 1 is 1.29 bits per heavy atom. The van der Waals surface area contributed by atoms with E-state index in [-0.39, 0.29) is 18.3 Å². The number of amides is 1. The lowest BCUT2D eigenvalue weighted by atomic mass is 10.0. The average Bonchev–Trinajstić information content (AvgIpc) is 2.56. The maximum atomic E-state index is 11.9. The van der Waals surface area contributed by atoms with Gasteiger partial charge >= 0.3 is 0 Å². The zero-order valence-electron chi connectivity index (χ0n) is 13.5. The van der Waals surface area contributed by atoms with Crippen molar-refractivity contribution in [3.63, 3.8) is 0 Å². The standard InChI is InChI=1S/C18H19BrN2O3/c1-3-16(15-9-12(2)7-8-17(15)22)20-21-18(23)11-24-14-6-4-5-13(19)10-14/h4-10,22H,3,11H2,1-2H3,(H,21,23)/b20-16+. The molecule has 0 heterocycles. The second-order valence-electron chi connectivity index (χ2n) is 5.21. The highest BCUT2D eigenvalue weighted by atomic mass is 79.9. The van der Waals surface area contributed by atoms with Crippen molar-refractivity contribution in [2.45, 2.75) is 20.3 Å². The molecule has 2 N–H and O–H groups in total. The lowest BCUT2D eigenvalue weighted by Gasteiger charge is -2.09. The fraction of sp³-hybridized carbons (Fsp3) is 0.222. The number of carbonyl (C=O) groups is 1. The summed E-state index contributed by atoms with van der Waals surface area (Å²) >= 11 is 3.34. The lowest BCUT2D eigenvalue weighted by Crippen LogP contribution is -2.26. The topological polar surface area (TPSA) is 70.9 Å². The quantitative estimate of drug-likeness (QED) is 0.582. The monoisotopic (exact) mass is 390 g/mol. The molecule has 0 saturated heterocycles. The first-order chi connectivity index (χ1) is 11.5. The minimum atomic E-state index is -0.368. The van der Waals surface area contributed by atoms with Crippen LogP contribution in [-0.2, 0) is 4.79 Å². The molecule has 0 radical (unpaired) electrons. The first kappa shape index (κ1) is 18.0. The summed E-state index contributed by atoms with van der Waals surface area (Å²) in [6.45, 7) is 3.70. The van der Waals surface area contributed by atoms with E-state index >= 15 is 0 Å². The van der Waals surface area contributed by atoms with Gasteiger partial charge in [-0.2, -0.15) is 5.10 Å². The number of carbonyl (C=O) groups excluding carboxylic acids is 1. The highest BCUT2D eigenvalue weighted by Crippen LogP contribution is 2.20. The number of rotatable bonds is 6. The first-order valence-electron chi connectivity index (χ1n) is 7.53. The van der Waals surface area contributed by atoms with Crippen molar-refractivity contribution in [2.75, 3.05) is 6.61 Å². The molecule has 0 fully saturated rings. The molecule has 0 spiro atoms. The van der Waals surface area contributed by atoms with Gasteiger partial charge in [-0.3, -0.25) is 4.79 Å². The molecule has 0 atom stereocenters. The maximum Gasteiger partial charge on any atom is 0.277 e. The van der Waals surface area contributed by atoms with Crippen LogP contribution in [0.4, 0.5) is 0 Å². The summed E-state index contributed by atoms with van der Waals surface area (Å²) in [5.41, 5.74) is 4.69. The largest absolute Gasteiger partial charge is 0.507 e. The third-order valence-corrected chi connectivity index (χ3v) is 3.77. The Morgan fingerprint density at radius 3 is 2.79 bits per heavy atom. The van der Waals surface area contributed by atoms with Crippen molar-refractivity contribution in [3.8, 4) is 11.5 Å². The van der Waals surface area contributed by atoms with Gasteiger partial charge in [0.15, 0.2) is 6.61 Å². The zero-order valence-corrected chi connectivity index (χ0v) is 15.1. The van der Waals surface area contributed by atoms with Crippen molar-refractivity contribution in [3.05, 3.63) is 58.1 Å². The van der Waals surface area contributed by atoms with Gasteiger partial charge in [0.2, 0.25) is 0 Å². The maximum absolute atomic E-state index is 11.9. The van der Waals surface area contributed by atoms with E-state index in [2.05, 4.69) is 26.5 Å².